The van der Waals surface area contributed by atoms with Crippen molar-refractivity contribution in [3.05, 3.63) is 54.1 Å². The second-order valence-electron chi connectivity index (χ2n) is 7.22. The Bertz CT molecular complexity index is 830. The molecule has 1 heterocycles. The Morgan fingerprint density at radius 2 is 1.69 bits per heavy atom. The first-order chi connectivity index (χ1) is 12.4. The Kier molecular flexibility index (Phi) is 5.09. The van der Waals surface area contributed by atoms with E-state index in [9.17, 15) is 9.59 Å². The van der Waals surface area contributed by atoms with Crippen LogP contribution < -0.4 is 16.2 Å². The van der Waals surface area contributed by atoms with E-state index in [-0.39, 0.29) is 17.7 Å². The van der Waals surface area contributed by atoms with Gasteiger partial charge in [-0.3, -0.25) is 15.0 Å². The maximum Gasteiger partial charge on any atom is 0.255 e. The lowest BCUT2D eigenvalue weighted by molar-refractivity contribution is -0.127. The van der Waals surface area contributed by atoms with E-state index in [2.05, 4.69) is 19.3 Å². The van der Waals surface area contributed by atoms with Crippen LogP contribution in [0.1, 0.15) is 38.7 Å². The molecule has 2 amide bonds. The van der Waals surface area contributed by atoms with Crippen LogP contribution in [0.2, 0.25) is 0 Å². The van der Waals surface area contributed by atoms with E-state index in [1.165, 1.54) is 5.01 Å². The zero-order valence-electron chi connectivity index (χ0n) is 15.4. The van der Waals surface area contributed by atoms with E-state index >= 15 is 0 Å². The Labute approximate surface area is 154 Å². The fourth-order valence-corrected chi connectivity index (χ4v) is 3.38. The lowest BCUT2D eigenvalue weighted by Crippen LogP contribution is -2.52. The number of carbonyl (C=O) groups excluding carboxylic acids is 2. The third-order valence-electron chi connectivity index (χ3n) is 4.63. The summed E-state index contributed by atoms with van der Waals surface area (Å²) in [6.45, 7) is 5.79. The zero-order valence-corrected chi connectivity index (χ0v) is 15.4. The maximum atomic E-state index is 13.4. The SMILES string of the molecule is CC(C)CC1C(=O)N(NC(=O)[C@H](C)N)c2ccccc2-c2ccccc21. The molecule has 0 aliphatic carbocycles. The van der Waals surface area contributed by atoms with E-state index in [1.54, 1.807) is 6.92 Å². The van der Waals surface area contributed by atoms with Crippen molar-refractivity contribution in [1.29, 1.82) is 0 Å². The number of para-hydroxylation sites is 1. The van der Waals surface area contributed by atoms with E-state index in [4.69, 9.17) is 5.73 Å². The Balaban J connectivity index is 2.18. The number of anilines is 1. The summed E-state index contributed by atoms with van der Waals surface area (Å²) in [5.74, 6) is -0.510. The fraction of sp³-hybridized carbons (Fsp3) is 0.333. The van der Waals surface area contributed by atoms with Gasteiger partial charge in [-0.05, 0) is 36.5 Å². The topological polar surface area (TPSA) is 75.4 Å². The molecule has 0 saturated carbocycles. The monoisotopic (exact) mass is 351 g/mol. The van der Waals surface area contributed by atoms with E-state index in [0.717, 1.165) is 16.7 Å². The fourth-order valence-electron chi connectivity index (χ4n) is 3.38. The van der Waals surface area contributed by atoms with Crippen LogP contribution in [0.15, 0.2) is 48.5 Å². The third-order valence-corrected chi connectivity index (χ3v) is 4.63. The quantitative estimate of drug-likeness (QED) is 0.888. The molecule has 0 aromatic heterocycles. The van der Waals surface area contributed by atoms with Crippen molar-refractivity contribution in [2.45, 2.75) is 39.2 Å². The number of amides is 2. The van der Waals surface area contributed by atoms with Crippen molar-refractivity contribution in [2.75, 3.05) is 5.01 Å². The molecule has 0 saturated heterocycles. The summed E-state index contributed by atoms with van der Waals surface area (Å²) in [7, 11) is 0. The van der Waals surface area contributed by atoms with Gasteiger partial charge in [0.25, 0.3) is 11.8 Å². The van der Waals surface area contributed by atoms with Crippen LogP contribution >= 0.6 is 0 Å². The predicted octanol–water partition coefficient (Wildman–Crippen LogP) is 3.21. The average molecular weight is 351 g/mol. The van der Waals surface area contributed by atoms with Gasteiger partial charge in [0.1, 0.15) is 0 Å². The third kappa shape index (κ3) is 3.35. The number of hydrogen-bond acceptors (Lipinski definition) is 3. The van der Waals surface area contributed by atoms with Gasteiger partial charge in [-0.2, -0.15) is 0 Å². The van der Waals surface area contributed by atoms with Crippen molar-refractivity contribution in [2.24, 2.45) is 11.7 Å². The summed E-state index contributed by atoms with van der Waals surface area (Å²) in [5.41, 5.74) is 12.0. The largest absolute Gasteiger partial charge is 0.320 e. The molecule has 5 nitrogen and oxygen atoms in total. The molecule has 1 aliphatic rings. The first-order valence-electron chi connectivity index (χ1n) is 8.98. The van der Waals surface area contributed by atoms with E-state index in [0.29, 0.717) is 18.0 Å². The van der Waals surface area contributed by atoms with Gasteiger partial charge in [0.2, 0.25) is 0 Å². The summed E-state index contributed by atoms with van der Waals surface area (Å²) in [6, 6.07) is 14.9. The number of nitrogens with two attached hydrogens (primary N) is 1. The minimum atomic E-state index is -0.705. The Morgan fingerprint density at radius 1 is 1.08 bits per heavy atom. The number of rotatable bonds is 4. The molecule has 0 bridgehead atoms. The molecule has 1 aliphatic heterocycles. The van der Waals surface area contributed by atoms with Gasteiger partial charge in [-0.15, -0.1) is 0 Å². The van der Waals surface area contributed by atoms with Crippen LogP contribution in [0.3, 0.4) is 0 Å². The maximum absolute atomic E-state index is 13.4. The van der Waals surface area contributed by atoms with Crippen LogP contribution in [-0.4, -0.2) is 17.9 Å². The van der Waals surface area contributed by atoms with Gasteiger partial charge in [0, 0.05) is 5.56 Å². The zero-order chi connectivity index (χ0) is 18.8. The molecule has 136 valence electrons. The van der Waals surface area contributed by atoms with Crippen LogP contribution in [-0.2, 0) is 9.59 Å². The van der Waals surface area contributed by atoms with Crippen molar-refractivity contribution in [1.82, 2.24) is 5.43 Å². The van der Waals surface area contributed by atoms with Crippen LogP contribution in [0.25, 0.3) is 11.1 Å². The van der Waals surface area contributed by atoms with Crippen LogP contribution in [0.5, 0.6) is 0 Å². The molecular formula is C21H25N3O2. The second kappa shape index (κ2) is 7.30. The van der Waals surface area contributed by atoms with Gasteiger partial charge >= 0.3 is 0 Å². The Hall–Kier alpha value is -2.66. The lowest BCUT2D eigenvalue weighted by Gasteiger charge is -2.27. The molecule has 1 unspecified atom stereocenters. The van der Waals surface area contributed by atoms with Gasteiger partial charge in [0.05, 0.1) is 17.6 Å². The number of hydrazine groups is 1. The molecule has 2 atom stereocenters. The number of nitrogens with zero attached hydrogens (tertiary/aromatic N) is 1. The van der Waals surface area contributed by atoms with Gasteiger partial charge < -0.3 is 5.73 Å². The molecule has 0 fully saturated rings. The highest BCUT2D eigenvalue weighted by molar-refractivity contribution is 6.06. The molecule has 5 heteroatoms. The van der Waals surface area contributed by atoms with Crippen molar-refractivity contribution in [3.8, 4) is 11.1 Å². The van der Waals surface area contributed by atoms with E-state index in [1.807, 2.05) is 48.5 Å². The number of carbonyl (C=O) groups is 2. The molecule has 2 aromatic carbocycles. The smallest absolute Gasteiger partial charge is 0.255 e. The molecule has 3 rings (SSSR count). The summed E-state index contributed by atoms with van der Waals surface area (Å²) in [4.78, 5) is 25.7. The normalized spacial score (nSPS) is 17.3. The minimum Gasteiger partial charge on any atom is -0.320 e. The summed E-state index contributed by atoms with van der Waals surface area (Å²) < 4.78 is 0. The Morgan fingerprint density at radius 3 is 2.35 bits per heavy atom. The minimum absolute atomic E-state index is 0.134. The number of benzene rings is 2. The van der Waals surface area contributed by atoms with Crippen molar-refractivity contribution >= 4 is 17.5 Å². The standard InChI is InChI=1S/C21H25N3O2/c1-13(2)12-18-16-9-5-4-8-15(16)17-10-6-7-11-19(17)24(21(18)26)23-20(25)14(3)22/h4-11,13-14,18H,12,22H2,1-3H3,(H,23,25)/t14-,18?/m0/s1. The summed E-state index contributed by atoms with van der Waals surface area (Å²) in [6.07, 6.45) is 0.703. The van der Waals surface area contributed by atoms with Gasteiger partial charge in [-0.1, -0.05) is 56.3 Å². The lowest BCUT2D eigenvalue weighted by atomic mass is 9.86. The van der Waals surface area contributed by atoms with Gasteiger partial charge in [0.15, 0.2) is 0 Å². The average Bonchev–Trinajstić information content (AvgIpc) is 2.71. The van der Waals surface area contributed by atoms with Crippen molar-refractivity contribution in [3.63, 3.8) is 0 Å². The number of fused-ring (bicyclic) bond motifs is 3. The number of nitrogens with one attached hydrogen (secondary N) is 1. The summed E-state index contributed by atoms with van der Waals surface area (Å²) in [5, 5.41) is 1.38. The molecular weight excluding hydrogens is 326 g/mol. The highest BCUT2D eigenvalue weighted by Crippen LogP contribution is 2.42. The molecule has 26 heavy (non-hydrogen) atoms. The molecule has 2 aromatic rings. The highest BCUT2D eigenvalue weighted by atomic mass is 16.2. The van der Waals surface area contributed by atoms with Crippen LogP contribution in [0, 0.1) is 5.92 Å². The molecule has 0 radical (unpaired) electrons. The summed E-state index contributed by atoms with van der Waals surface area (Å²) >= 11 is 0. The van der Waals surface area contributed by atoms with E-state index < -0.39 is 6.04 Å². The molecule has 3 N–H and O–H groups in total. The molecule has 0 spiro atoms. The first-order valence-corrected chi connectivity index (χ1v) is 8.98. The van der Waals surface area contributed by atoms with Crippen molar-refractivity contribution < 1.29 is 9.59 Å². The van der Waals surface area contributed by atoms with Gasteiger partial charge in [-0.25, -0.2) is 5.01 Å². The second-order valence-corrected chi connectivity index (χ2v) is 7.22. The first kappa shape index (κ1) is 18.1. The highest BCUT2D eigenvalue weighted by Gasteiger charge is 2.35. The van der Waals surface area contributed by atoms with Crippen LogP contribution in [0.4, 0.5) is 5.69 Å². The number of hydrogen-bond donors (Lipinski definition) is 2. The predicted molar refractivity (Wildman–Crippen MR) is 103 cm³/mol.